The number of rotatable bonds is 4. The molecule has 0 aliphatic carbocycles. The van der Waals surface area contributed by atoms with Gasteiger partial charge in [-0.1, -0.05) is 0 Å². The van der Waals surface area contributed by atoms with Crippen LogP contribution in [0.25, 0.3) is 22.3 Å². The van der Waals surface area contributed by atoms with Crippen LogP contribution in [-0.2, 0) is 4.79 Å². The lowest BCUT2D eigenvalue weighted by Crippen LogP contribution is -2.21. The van der Waals surface area contributed by atoms with Crippen molar-refractivity contribution >= 4 is 17.0 Å². The molecule has 35 heavy (non-hydrogen) atoms. The van der Waals surface area contributed by atoms with Gasteiger partial charge in [-0.3, -0.25) is 4.68 Å². The third kappa shape index (κ3) is 5.59. The van der Waals surface area contributed by atoms with Crippen molar-refractivity contribution in [3.05, 3.63) is 65.9 Å². The van der Waals surface area contributed by atoms with Gasteiger partial charge in [-0.2, -0.15) is 34.1 Å². The average Bonchev–Trinajstić information content (AvgIpc) is 3.51. The molecule has 3 aromatic heterocycles. The Balaban J connectivity index is 0.000000429. The number of carboxylic acids is 1. The van der Waals surface area contributed by atoms with Crippen LogP contribution in [0.15, 0.2) is 49.2 Å². The second-order valence-corrected chi connectivity index (χ2v) is 6.92. The van der Waals surface area contributed by atoms with Crippen LogP contribution in [-0.4, -0.2) is 42.0 Å². The van der Waals surface area contributed by atoms with Crippen LogP contribution in [0.3, 0.4) is 0 Å². The van der Waals surface area contributed by atoms with Gasteiger partial charge in [-0.15, -0.1) is 0 Å². The fraction of sp³-hybridized carbons (Fsp3) is 0.136. The topological polar surface area (TPSA) is 168 Å². The molecule has 0 amide bonds. The number of aromatic nitrogens is 5. The van der Waals surface area contributed by atoms with E-state index >= 15 is 0 Å². The number of benzene rings is 1. The number of H-pyrrole nitrogens is 1. The van der Waals surface area contributed by atoms with E-state index in [0.717, 1.165) is 22.3 Å². The smallest absolute Gasteiger partial charge is 0.475 e. The van der Waals surface area contributed by atoms with Gasteiger partial charge in [-0.25, -0.2) is 14.8 Å². The van der Waals surface area contributed by atoms with Gasteiger partial charge in [0.1, 0.15) is 12.0 Å². The number of aromatic amines is 1. The van der Waals surface area contributed by atoms with Crippen molar-refractivity contribution in [2.75, 3.05) is 0 Å². The Bertz CT molecular complexity index is 1470. The second-order valence-electron chi connectivity index (χ2n) is 6.92. The predicted octanol–water partition coefficient (Wildman–Crippen LogP) is 3.70. The van der Waals surface area contributed by atoms with E-state index in [1.165, 1.54) is 12.4 Å². The molecule has 4 aromatic rings. The first-order valence-electron chi connectivity index (χ1n) is 9.62. The van der Waals surface area contributed by atoms with Crippen molar-refractivity contribution in [1.82, 2.24) is 24.7 Å². The molecule has 0 saturated carbocycles. The van der Waals surface area contributed by atoms with Crippen LogP contribution >= 0.6 is 0 Å². The average molecular weight is 478 g/mol. The molecule has 2 N–H and O–H groups in total. The van der Waals surface area contributed by atoms with Gasteiger partial charge in [0.25, 0.3) is 0 Å². The molecule has 0 radical (unpaired) electrons. The molecule has 0 bridgehead atoms. The minimum atomic E-state index is -5.08. The zero-order valence-corrected chi connectivity index (χ0v) is 17.5. The number of nitriles is 3. The Hall–Kier alpha value is -5.22. The number of alkyl halides is 3. The normalized spacial score (nSPS) is 11.4. The monoisotopic (exact) mass is 478 g/mol. The Morgan fingerprint density at radius 3 is 2.37 bits per heavy atom. The van der Waals surface area contributed by atoms with Crippen molar-refractivity contribution in [3.8, 4) is 29.5 Å². The fourth-order valence-corrected chi connectivity index (χ4v) is 3.16. The zero-order chi connectivity index (χ0) is 25.6. The molecular weight excluding hydrogens is 465 g/mol. The first-order chi connectivity index (χ1) is 16.7. The molecule has 0 saturated heterocycles. The van der Waals surface area contributed by atoms with E-state index < -0.39 is 18.2 Å². The van der Waals surface area contributed by atoms with E-state index in [-0.39, 0.29) is 6.42 Å². The van der Waals surface area contributed by atoms with Gasteiger partial charge in [0.2, 0.25) is 0 Å². The highest BCUT2D eigenvalue weighted by atomic mass is 19.4. The quantitative estimate of drug-likeness (QED) is 0.447. The number of carbonyl (C=O) groups is 1. The standard InChI is InChI=1S/C20H12N8.C2HF3O2/c21-3-1-18(15-6-13(8-22)5-14(7-15)9-23)28-11-16(10-27-28)19-17-2-4-24-20(17)26-12-25-19;3-2(4,5)1(6)7/h2,4-7,10-12,18H,1H2,(H,24,25,26);(H,6,7). The summed E-state index contributed by atoms with van der Waals surface area (Å²) in [6.45, 7) is 0. The van der Waals surface area contributed by atoms with Gasteiger partial charge in [0.05, 0.1) is 53.7 Å². The summed E-state index contributed by atoms with van der Waals surface area (Å²) < 4.78 is 33.4. The summed E-state index contributed by atoms with van der Waals surface area (Å²) in [5, 5.41) is 40.2. The molecule has 0 aliphatic heterocycles. The van der Waals surface area contributed by atoms with Gasteiger partial charge >= 0.3 is 12.1 Å². The molecule has 1 atom stereocenters. The molecule has 10 nitrogen and oxygen atoms in total. The maximum atomic E-state index is 10.6. The second kappa shape index (κ2) is 10.1. The first-order valence-corrected chi connectivity index (χ1v) is 9.62. The summed E-state index contributed by atoms with van der Waals surface area (Å²) in [6.07, 6.45) is 1.82. The number of halogens is 3. The van der Waals surface area contributed by atoms with E-state index in [9.17, 15) is 29.0 Å². The lowest BCUT2D eigenvalue weighted by atomic mass is 9.99. The molecule has 4 rings (SSSR count). The number of hydrogen-bond donors (Lipinski definition) is 2. The van der Waals surface area contributed by atoms with E-state index in [4.69, 9.17) is 9.90 Å². The number of nitrogens with one attached hydrogen (secondary N) is 1. The number of nitrogens with zero attached hydrogens (tertiary/aromatic N) is 7. The molecule has 0 spiro atoms. The molecule has 1 aromatic carbocycles. The highest BCUT2D eigenvalue weighted by molar-refractivity contribution is 5.90. The number of aliphatic carboxylic acids is 1. The number of hydrogen-bond acceptors (Lipinski definition) is 7. The fourth-order valence-electron chi connectivity index (χ4n) is 3.16. The predicted molar refractivity (Wildman–Crippen MR) is 113 cm³/mol. The molecule has 0 fully saturated rings. The Labute approximate surface area is 195 Å². The van der Waals surface area contributed by atoms with Gasteiger partial charge in [0, 0.05) is 23.3 Å². The van der Waals surface area contributed by atoms with Crippen LogP contribution < -0.4 is 0 Å². The SMILES string of the molecule is N#CCC(c1cc(C#N)cc(C#N)c1)n1cc(-c2ncnc3[nH]ccc23)cn1.O=C(O)C(F)(F)F. The minimum absolute atomic E-state index is 0.143. The van der Waals surface area contributed by atoms with Crippen LogP contribution in [0, 0.1) is 34.0 Å². The summed E-state index contributed by atoms with van der Waals surface area (Å²) in [5.41, 5.74) is 3.67. The summed E-state index contributed by atoms with van der Waals surface area (Å²) in [5.74, 6) is -2.76. The van der Waals surface area contributed by atoms with Crippen molar-refractivity contribution in [2.45, 2.75) is 18.6 Å². The van der Waals surface area contributed by atoms with Crippen LogP contribution in [0.1, 0.15) is 29.2 Å². The van der Waals surface area contributed by atoms with Crippen LogP contribution in [0.5, 0.6) is 0 Å². The third-order valence-corrected chi connectivity index (χ3v) is 4.67. The van der Waals surface area contributed by atoms with Crippen molar-refractivity contribution in [3.63, 3.8) is 0 Å². The van der Waals surface area contributed by atoms with Gasteiger partial charge < -0.3 is 10.1 Å². The molecule has 13 heteroatoms. The molecule has 174 valence electrons. The number of carboxylic acid groups (broad SMARTS) is 1. The Kier molecular flexibility index (Phi) is 7.08. The van der Waals surface area contributed by atoms with Gasteiger partial charge in [0.15, 0.2) is 0 Å². The van der Waals surface area contributed by atoms with E-state index in [1.54, 1.807) is 29.2 Å². The largest absolute Gasteiger partial charge is 0.490 e. The molecule has 0 aliphatic rings. The summed E-state index contributed by atoms with van der Waals surface area (Å²) in [4.78, 5) is 20.5. The summed E-state index contributed by atoms with van der Waals surface area (Å²) in [7, 11) is 0. The highest BCUT2D eigenvalue weighted by Crippen LogP contribution is 2.28. The van der Waals surface area contributed by atoms with Crippen LogP contribution in [0.2, 0.25) is 0 Å². The van der Waals surface area contributed by atoms with E-state index in [2.05, 4.69) is 38.3 Å². The maximum Gasteiger partial charge on any atom is 0.490 e. The Morgan fingerprint density at radius 2 is 1.80 bits per heavy atom. The van der Waals surface area contributed by atoms with E-state index in [1.807, 2.05) is 12.3 Å². The summed E-state index contributed by atoms with van der Waals surface area (Å²) >= 11 is 0. The van der Waals surface area contributed by atoms with Crippen molar-refractivity contribution in [1.29, 1.82) is 15.8 Å². The Morgan fingerprint density at radius 1 is 1.14 bits per heavy atom. The van der Waals surface area contributed by atoms with Crippen LogP contribution in [0.4, 0.5) is 13.2 Å². The minimum Gasteiger partial charge on any atom is -0.475 e. The van der Waals surface area contributed by atoms with Gasteiger partial charge in [-0.05, 0) is 29.8 Å². The zero-order valence-electron chi connectivity index (χ0n) is 17.5. The lowest BCUT2D eigenvalue weighted by Gasteiger charge is -2.15. The lowest BCUT2D eigenvalue weighted by molar-refractivity contribution is -0.192. The van der Waals surface area contributed by atoms with Crippen molar-refractivity contribution in [2.24, 2.45) is 0 Å². The molecular formula is C22H13F3N8O2. The molecule has 1 unspecified atom stereocenters. The van der Waals surface area contributed by atoms with Crippen molar-refractivity contribution < 1.29 is 23.1 Å². The third-order valence-electron chi connectivity index (χ3n) is 4.67. The number of fused-ring (bicyclic) bond motifs is 1. The highest BCUT2D eigenvalue weighted by Gasteiger charge is 2.38. The maximum absolute atomic E-state index is 10.6. The first kappa shape index (κ1) is 24.4. The summed E-state index contributed by atoms with van der Waals surface area (Å²) in [6, 6.07) is 12.6. The molecule has 3 heterocycles. The van der Waals surface area contributed by atoms with E-state index in [0.29, 0.717) is 16.7 Å².